The summed E-state index contributed by atoms with van der Waals surface area (Å²) in [6.45, 7) is 2.87. The zero-order valence-electron chi connectivity index (χ0n) is 19.2. The van der Waals surface area contributed by atoms with E-state index in [-0.39, 0.29) is 29.9 Å². The number of hydrogen-bond donors (Lipinski definition) is 2. The molecule has 1 aliphatic heterocycles. The summed E-state index contributed by atoms with van der Waals surface area (Å²) in [6, 6.07) is 7.56. The Morgan fingerprint density at radius 1 is 0.875 bits per heavy atom. The van der Waals surface area contributed by atoms with Crippen molar-refractivity contribution in [1.29, 1.82) is 0 Å². The van der Waals surface area contributed by atoms with Gasteiger partial charge < -0.3 is 20.1 Å². The van der Waals surface area contributed by atoms with Crippen molar-refractivity contribution in [2.75, 3.05) is 19.7 Å². The van der Waals surface area contributed by atoms with Crippen LogP contribution >= 0.6 is 0 Å². The molecule has 1 saturated heterocycles. The monoisotopic (exact) mass is 442 g/mol. The number of ether oxygens (including phenoxy) is 2. The first-order valence-corrected chi connectivity index (χ1v) is 12.6. The summed E-state index contributed by atoms with van der Waals surface area (Å²) in [6.07, 6.45) is 11.3. The predicted molar refractivity (Wildman–Crippen MR) is 124 cm³/mol. The molecule has 3 fully saturated rings. The molecule has 0 spiro atoms. The first-order valence-electron chi connectivity index (χ1n) is 12.6. The molecule has 4 rings (SSSR count). The van der Waals surface area contributed by atoms with Crippen LogP contribution in [0.1, 0.15) is 81.0 Å². The second-order valence-corrected chi connectivity index (χ2v) is 9.75. The molecule has 32 heavy (non-hydrogen) atoms. The lowest BCUT2D eigenvalue weighted by atomic mass is 9.86. The highest BCUT2D eigenvalue weighted by molar-refractivity contribution is 5.94. The van der Waals surface area contributed by atoms with Gasteiger partial charge in [-0.3, -0.25) is 9.59 Å². The second-order valence-electron chi connectivity index (χ2n) is 9.75. The molecule has 1 amide bonds. The van der Waals surface area contributed by atoms with Crippen molar-refractivity contribution in [3.63, 3.8) is 0 Å². The molecule has 6 nitrogen and oxygen atoms in total. The Morgan fingerprint density at radius 3 is 2.25 bits per heavy atom. The van der Waals surface area contributed by atoms with E-state index in [2.05, 4.69) is 10.6 Å². The van der Waals surface area contributed by atoms with E-state index in [1.807, 2.05) is 24.3 Å². The molecule has 2 aliphatic carbocycles. The van der Waals surface area contributed by atoms with Crippen LogP contribution in [0.4, 0.5) is 0 Å². The molecule has 1 aromatic carbocycles. The SMILES string of the molecule is O=C(NC1CCC(C(=O)OC2CCCCC2)CC1)c1ccc(OCC2CCNCC2)cc1. The maximum absolute atomic E-state index is 12.7. The highest BCUT2D eigenvalue weighted by atomic mass is 16.5. The Labute approximate surface area is 191 Å². The van der Waals surface area contributed by atoms with Crippen molar-refractivity contribution >= 4 is 11.9 Å². The molecule has 2 N–H and O–H groups in total. The lowest BCUT2D eigenvalue weighted by molar-refractivity contribution is -0.156. The Bertz CT molecular complexity index is 731. The molecule has 1 aromatic rings. The van der Waals surface area contributed by atoms with Gasteiger partial charge in [0.05, 0.1) is 12.5 Å². The second kappa shape index (κ2) is 11.7. The quantitative estimate of drug-likeness (QED) is 0.618. The fourth-order valence-corrected chi connectivity index (χ4v) is 5.15. The van der Waals surface area contributed by atoms with Gasteiger partial charge >= 0.3 is 5.97 Å². The largest absolute Gasteiger partial charge is 0.493 e. The number of carbonyl (C=O) groups excluding carboxylic acids is 2. The topological polar surface area (TPSA) is 76.7 Å². The van der Waals surface area contributed by atoms with Crippen molar-refractivity contribution in [3.05, 3.63) is 29.8 Å². The average molecular weight is 443 g/mol. The van der Waals surface area contributed by atoms with E-state index >= 15 is 0 Å². The summed E-state index contributed by atoms with van der Waals surface area (Å²) in [4.78, 5) is 25.1. The van der Waals surface area contributed by atoms with Crippen molar-refractivity contribution in [2.24, 2.45) is 11.8 Å². The van der Waals surface area contributed by atoms with Crippen LogP contribution in [-0.4, -0.2) is 43.7 Å². The molecule has 0 atom stereocenters. The van der Waals surface area contributed by atoms with Crippen LogP contribution in [0.3, 0.4) is 0 Å². The van der Waals surface area contributed by atoms with Crippen LogP contribution < -0.4 is 15.4 Å². The van der Waals surface area contributed by atoms with E-state index < -0.39 is 0 Å². The van der Waals surface area contributed by atoms with Crippen LogP contribution in [0.5, 0.6) is 5.75 Å². The third kappa shape index (κ3) is 6.71. The molecule has 6 heteroatoms. The normalized spacial score (nSPS) is 25.1. The Morgan fingerprint density at radius 2 is 1.56 bits per heavy atom. The van der Waals surface area contributed by atoms with Crippen LogP contribution in [-0.2, 0) is 9.53 Å². The average Bonchev–Trinajstić information content (AvgIpc) is 2.85. The summed E-state index contributed by atoms with van der Waals surface area (Å²) in [5, 5.41) is 6.51. The Balaban J connectivity index is 1.17. The lowest BCUT2D eigenvalue weighted by Gasteiger charge is -2.30. The summed E-state index contributed by atoms with van der Waals surface area (Å²) in [7, 11) is 0. The van der Waals surface area contributed by atoms with E-state index in [1.54, 1.807) is 0 Å². The maximum Gasteiger partial charge on any atom is 0.309 e. The lowest BCUT2D eigenvalue weighted by Crippen LogP contribution is -2.39. The van der Waals surface area contributed by atoms with Crippen LogP contribution in [0.2, 0.25) is 0 Å². The number of carbonyl (C=O) groups is 2. The standard InChI is InChI=1S/C26H38N2O4/c29-25(20-8-12-23(13-9-20)31-18-19-14-16-27-17-15-19)28-22-10-6-21(7-11-22)26(30)32-24-4-2-1-3-5-24/h8-9,12-13,19,21-22,24,27H,1-7,10-11,14-18H2,(H,28,29). The van der Waals surface area contributed by atoms with Gasteiger partial charge in [0, 0.05) is 11.6 Å². The van der Waals surface area contributed by atoms with Crippen LogP contribution in [0.25, 0.3) is 0 Å². The van der Waals surface area contributed by atoms with Gasteiger partial charge in [0.2, 0.25) is 0 Å². The van der Waals surface area contributed by atoms with Crippen LogP contribution in [0, 0.1) is 11.8 Å². The number of benzene rings is 1. The number of rotatable bonds is 7. The van der Waals surface area contributed by atoms with Crippen molar-refractivity contribution in [3.8, 4) is 5.75 Å². The molecule has 176 valence electrons. The maximum atomic E-state index is 12.7. The number of nitrogens with one attached hydrogen (secondary N) is 2. The molecule has 0 unspecified atom stereocenters. The van der Waals surface area contributed by atoms with Crippen LogP contribution in [0.15, 0.2) is 24.3 Å². The van der Waals surface area contributed by atoms with Gasteiger partial charge in [-0.1, -0.05) is 6.42 Å². The summed E-state index contributed by atoms with van der Waals surface area (Å²) in [5.74, 6) is 1.33. The molecule has 0 bridgehead atoms. The van der Waals surface area contributed by atoms with E-state index in [1.165, 1.54) is 19.3 Å². The van der Waals surface area contributed by atoms with E-state index in [4.69, 9.17) is 9.47 Å². The zero-order chi connectivity index (χ0) is 22.2. The van der Waals surface area contributed by atoms with Gasteiger partial charge in [-0.15, -0.1) is 0 Å². The summed E-state index contributed by atoms with van der Waals surface area (Å²) >= 11 is 0. The molecular weight excluding hydrogens is 404 g/mol. The van der Waals surface area contributed by atoms with Gasteiger partial charge in [-0.05, 0) is 107 Å². The van der Waals surface area contributed by atoms with Gasteiger partial charge in [0.15, 0.2) is 0 Å². The summed E-state index contributed by atoms with van der Waals surface area (Å²) in [5.41, 5.74) is 0.651. The summed E-state index contributed by atoms with van der Waals surface area (Å²) < 4.78 is 11.7. The first kappa shape index (κ1) is 23.1. The number of piperidine rings is 1. The van der Waals surface area contributed by atoms with Crippen molar-refractivity contribution in [1.82, 2.24) is 10.6 Å². The molecular formula is C26H38N2O4. The van der Waals surface area contributed by atoms with Crippen molar-refractivity contribution in [2.45, 2.75) is 82.8 Å². The number of amides is 1. The fourth-order valence-electron chi connectivity index (χ4n) is 5.15. The van der Waals surface area contributed by atoms with Gasteiger partial charge in [0.25, 0.3) is 5.91 Å². The van der Waals surface area contributed by atoms with Gasteiger partial charge in [0.1, 0.15) is 11.9 Å². The third-order valence-corrected chi connectivity index (χ3v) is 7.29. The highest BCUT2D eigenvalue weighted by Crippen LogP contribution is 2.28. The predicted octanol–water partition coefficient (Wildman–Crippen LogP) is 4.23. The molecule has 2 saturated carbocycles. The smallest absolute Gasteiger partial charge is 0.309 e. The minimum atomic E-state index is -0.0527. The Hall–Kier alpha value is -2.08. The van der Waals surface area contributed by atoms with E-state index in [9.17, 15) is 9.59 Å². The highest BCUT2D eigenvalue weighted by Gasteiger charge is 2.30. The number of hydrogen-bond acceptors (Lipinski definition) is 5. The molecule has 0 aromatic heterocycles. The van der Waals surface area contributed by atoms with Gasteiger partial charge in [-0.2, -0.15) is 0 Å². The van der Waals surface area contributed by atoms with Gasteiger partial charge in [-0.25, -0.2) is 0 Å². The molecule has 0 radical (unpaired) electrons. The minimum Gasteiger partial charge on any atom is -0.493 e. The van der Waals surface area contributed by atoms with Crippen molar-refractivity contribution < 1.29 is 19.1 Å². The molecule has 3 aliphatic rings. The minimum absolute atomic E-state index is 0.0125. The molecule has 1 heterocycles. The van der Waals surface area contributed by atoms with E-state index in [0.717, 1.165) is 76.8 Å². The van der Waals surface area contributed by atoms with E-state index in [0.29, 0.717) is 11.5 Å². The third-order valence-electron chi connectivity index (χ3n) is 7.29. The zero-order valence-corrected chi connectivity index (χ0v) is 19.2. The first-order chi connectivity index (χ1) is 15.7. The number of esters is 1. The fraction of sp³-hybridized carbons (Fsp3) is 0.692. The Kier molecular flexibility index (Phi) is 8.43.